The molecule has 0 aliphatic heterocycles. The minimum atomic E-state index is 0.544. The number of nitrogens with two attached hydrogens (primary N) is 1. The van der Waals surface area contributed by atoms with Crippen molar-refractivity contribution in [1.82, 2.24) is 9.78 Å². The second kappa shape index (κ2) is 4.34. The van der Waals surface area contributed by atoms with Crippen LogP contribution < -0.4 is 5.73 Å². The lowest BCUT2D eigenvalue weighted by Crippen LogP contribution is -2.03. The average molecular weight is 229 g/mol. The summed E-state index contributed by atoms with van der Waals surface area (Å²) in [5.74, 6) is 0. The van der Waals surface area contributed by atoms with Crippen molar-refractivity contribution in [1.29, 1.82) is 0 Å². The standard InChI is InChI=1S/C14H19N3/c1-9-5-6-14(10(2)7-9)17-12(4)13(8-15)11(3)16-17/h5-7H,8,15H2,1-4H3. The van der Waals surface area contributed by atoms with Crippen molar-refractivity contribution in [3.8, 4) is 5.69 Å². The zero-order valence-corrected chi connectivity index (χ0v) is 10.9. The Morgan fingerprint density at radius 1 is 1.18 bits per heavy atom. The Labute approximate surface area is 102 Å². The molecule has 1 aromatic carbocycles. The molecule has 0 radical (unpaired) electrons. The Bertz CT molecular complexity index is 553. The predicted molar refractivity (Wildman–Crippen MR) is 70.4 cm³/mol. The van der Waals surface area contributed by atoms with Crippen molar-refractivity contribution in [2.45, 2.75) is 34.2 Å². The van der Waals surface area contributed by atoms with Gasteiger partial charge in [0.15, 0.2) is 0 Å². The third kappa shape index (κ3) is 1.98. The van der Waals surface area contributed by atoms with Crippen LogP contribution in [-0.4, -0.2) is 9.78 Å². The van der Waals surface area contributed by atoms with Gasteiger partial charge in [0.2, 0.25) is 0 Å². The monoisotopic (exact) mass is 229 g/mol. The van der Waals surface area contributed by atoms with Crippen molar-refractivity contribution in [2.24, 2.45) is 5.73 Å². The SMILES string of the molecule is Cc1ccc(-n2nc(C)c(CN)c2C)c(C)c1. The normalized spacial score (nSPS) is 10.9. The maximum absolute atomic E-state index is 5.75. The quantitative estimate of drug-likeness (QED) is 0.860. The molecular weight excluding hydrogens is 210 g/mol. The topological polar surface area (TPSA) is 43.8 Å². The molecule has 0 saturated heterocycles. The van der Waals surface area contributed by atoms with E-state index in [9.17, 15) is 0 Å². The third-order valence-corrected chi connectivity index (χ3v) is 3.23. The van der Waals surface area contributed by atoms with Crippen LogP contribution in [0.25, 0.3) is 5.69 Å². The van der Waals surface area contributed by atoms with E-state index < -0.39 is 0 Å². The second-order valence-corrected chi connectivity index (χ2v) is 4.56. The molecule has 2 N–H and O–H groups in total. The van der Waals surface area contributed by atoms with Gasteiger partial charge >= 0.3 is 0 Å². The summed E-state index contributed by atoms with van der Waals surface area (Å²) < 4.78 is 1.99. The molecular formula is C14H19N3. The fraction of sp³-hybridized carbons (Fsp3) is 0.357. The van der Waals surface area contributed by atoms with Crippen molar-refractivity contribution >= 4 is 0 Å². The van der Waals surface area contributed by atoms with Gasteiger partial charge in [0.1, 0.15) is 0 Å². The van der Waals surface area contributed by atoms with Crippen molar-refractivity contribution in [2.75, 3.05) is 0 Å². The third-order valence-electron chi connectivity index (χ3n) is 3.23. The summed E-state index contributed by atoms with van der Waals surface area (Å²) in [4.78, 5) is 0. The Balaban J connectivity index is 2.61. The van der Waals surface area contributed by atoms with Crippen LogP contribution in [0.5, 0.6) is 0 Å². The van der Waals surface area contributed by atoms with Gasteiger partial charge in [-0.15, -0.1) is 0 Å². The number of hydrogen-bond acceptors (Lipinski definition) is 2. The minimum Gasteiger partial charge on any atom is -0.326 e. The van der Waals surface area contributed by atoms with Gasteiger partial charge in [-0.05, 0) is 39.3 Å². The molecule has 0 saturated carbocycles. The molecule has 0 aliphatic carbocycles. The fourth-order valence-corrected chi connectivity index (χ4v) is 2.25. The largest absolute Gasteiger partial charge is 0.326 e. The van der Waals surface area contributed by atoms with Crippen LogP contribution >= 0.6 is 0 Å². The molecule has 3 heteroatoms. The van der Waals surface area contributed by atoms with Gasteiger partial charge in [-0.1, -0.05) is 17.7 Å². The van der Waals surface area contributed by atoms with Crippen LogP contribution in [0, 0.1) is 27.7 Å². The van der Waals surface area contributed by atoms with E-state index >= 15 is 0 Å². The van der Waals surface area contributed by atoms with E-state index in [2.05, 4.69) is 44.1 Å². The summed E-state index contributed by atoms with van der Waals surface area (Å²) in [5.41, 5.74) is 12.7. The first-order valence-electron chi connectivity index (χ1n) is 5.87. The van der Waals surface area contributed by atoms with Crippen molar-refractivity contribution in [3.05, 3.63) is 46.3 Å². The van der Waals surface area contributed by atoms with E-state index in [1.54, 1.807) is 0 Å². The number of benzene rings is 1. The summed E-state index contributed by atoms with van der Waals surface area (Å²) in [6.45, 7) is 8.84. The molecule has 0 spiro atoms. The first kappa shape index (κ1) is 11.9. The number of aryl methyl sites for hydroxylation is 3. The molecule has 0 bridgehead atoms. The zero-order valence-electron chi connectivity index (χ0n) is 10.9. The highest BCUT2D eigenvalue weighted by Crippen LogP contribution is 2.20. The number of rotatable bonds is 2. The van der Waals surface area contributed by atoms with Gasteiger partial charge in [-0.25, -0.2) is 4.68 Å². The highest BCUT2D eigenvalue weighted by atomic mass is 15.3. The molecule has 0 atom stereocenters. The van der Waals surface area contributed by atoms with E-state index in [-0.39, 0.29) is 0 Å². The first-order chi connectivity index (χ1) is 8.04. The Morgan fingerprint density at radius 2 is 1.88 bits per heavy atom. The van der Waals surface area contributed by atoms with E-state index in [4.69, 9.17) is 5.73 Å². The van der Waals surface area contributed by atoms with Crippen LogP contribution in [0.15, 0.2) is 18.2 Å². The minimum absolute atomic E-state index is 0.544. The lowest BCUT2D eigenvalue weighted by Gasteiger charge is -2.09. The van der Waals surface area contributed by atoms with Gasteiger partial charge in [0.25, 0.3) is 0 Å². The molecule has 3 nitrogen and oxygen atoms in total. The maximum Gasteiger partial charge on any atom is 0.0678 e. The lowest BCUT2D eigenvalue weighted by atomic mass is 10.1. The molecule has 0 amide bonds. The molecule has 0 aliphatic rings. The molecule has 1 aromatic heterocycles. The highest BCUT2D eigenvalue weighted by molar-refractivity contribution is 5.44. The lowest BCUT2D eigenvalue weighted by molar-refractivity contribution is 0.825. The van der Waals surface area contributed by atoms with Gasteiger partial charge in [0, 0.05) is 17.8 Å². The maximum atomic E-state index is 5.75. The first-order valence-corrected chi connectivity index (χ1v) is 5.87. The van der Waals surface area contributed by atoms with Crippen LogP contribution in [-0.2, 0) is 6.54 Å². The molecule has 2 rings (SSSR count). The van der Waals surface area contributed by atoms with Crippen molar-refractivity contribution in [3.63, 3.8) is 0 Å². The summed E-state index contributed by atoms with van der Waals surface area (Å²) in [6, 6.07) is 6.40. The second-order valence-electron chi connectivity index (χ2n) is 4.56. The molecule has 90 valence electrons. The van der Waals surface area contributed by atoms with Gasteiger partial charge in [-0.3, -0.25) is 0 Å². The Kier molecular flexibility index (Phi) is 3.03. The number of hydrogen-bond donors (Lipinski definition) is 1. The Morgan fingerprint density at radius 3 is 2.41 bits per heavy atom. The van der Waals surface area contributed by atoms with Crippen LogP contribution in [0.2, 0.25) is 0 Å². The number of nitrogens with zero attached hydrogens (tertiary/aromatic N) is 2. The summed E-state index contributed by atoms with van der Waals surface area (Å²) in [5, 5.41) is 4.58. The van der Waals surface area contributed by atoms with Crippen LogP contribution in [0.1, 0.15) is 28.1 Å². The summed E-state index contributed by atoms with van der Waals surface area (Å²) in [6.07, 6.45) is 0. The molecule has 0 unspecified atom stereocenters. The van der Waals surface area contributed by atoms with E-state index in [1.165, 1.54) is 11.1 Å². The van der Waals surface area contributed by atoms with Gasteiger partial charge in [0.05, 0.1) is 11.4 Å². The van der Waals surface area contributed by atoms with Crippen molar-refractivity contribution < 1.29 is 0 Å². The fourth-order valence-electron chi connectivity index (χ4n) is 2.25. The molecule has 2 aromatic rings. The molecule has 17 heavy (non-hydrogen) atoms. The van der Waals surface area contributed by atoms with Gasteiger partial charge in [-0.2, -0.15) is 5.10 Å². The highest BCUT2D eigenvalue weighted by Gasteiger charge is 2.12. The Hall–Kier alpha value is -1.61. The summed E-state index contributed by atoms with van der Waals surface area (Å²) in [7, 11) is 0. The number of aromatic nitrogens is 2. The summed E-state index contributed by atoms with van der Waals surface area (Å²) >= 11 is 0. The van der Waals surface area contributed by atoms with E-state index in [0.29, 0.717) is 6.54 Å². The van der Waals surface area contributed by atoms with E-state index in [1.807, 2.05) is 11.6 Å². The smallest absolute Gasteiger partial charge is 0.0678 e. The van der Waals surface area contributed by atoms with Gasteiger partial charge < -0.3 is 5.73 Å². The molecule has 1 heterocycles. The predicted octanol–water partition coefficient (Wildman–Crippen LogP) is 2.56. The van der Waals surface area contributed by atoms with Crippen LogP contribution in [0.3, 0.4) is 0 Å². The zero-order chi connectivity index (χ0) is 12.6. The van der Waals surface area contributed by atoms with Crippen LogP contribution in [0.4, 0.5) is 0 Å². The van der Waals surface area contributed by atoms with E-state index in [0.717, 1.165) is 22.6 Å². The average Bonchev–Trinajstić information content (AvgIpc) is 2.54. The molecule has 0 fully saturated rings.